The van der Waals surface area contributed by atoms with Crippen molar-refractivity contribution >= 4 is 11.8 Å². The first-order chi connectivity index (χ1) is 12.3. The van der Waals surface area contributed by atoms with Crippen molar-refractivity contribution in [2.45, 2.75) is 19.0 Å². The van der Waals surface area contributed by atoms with Crippen LogP contribution in [0.3, 0.4) is 0 Å². The van der Waals surface area contributed by atoms with Crippen LogP contribution in [-0.2, 0) is 28.6 Å². The van der Waals surface area contributed by atoms with Crippen LogP contribution in [-0.4, -0.2) is 24.9 Å². The zero-order valence-corrected chi connectivity index (χ0v) is 14.0. The molecule has 0 unspecified atom stereocenters. The summed E-state index contributed by atoms with van der Waals surface area (Å²) in [5, 5.41) is 5.15. The fourth-order valence-electron chi connectivity index (χ4n) is 2.29. The molecule has 7 heteroatoms. The van der Waals surface area contributed by atoms with E-state index in [1.54, 1.807) is 0 Å². The molecule has 2 amide bonds. The van der Waals surface area contributed by atoms with Crippen molar-refractivity contribution in [1.29, 1.82) is 0 Å². The largest absolute Gasteiger partial charge is 0.416 e. The van der Waals surface area contributed by atoms with E-state index in [1.807, 2.05) is 30.3 Å². The molecule has 0 aliphatic carbocycles. The summed E-state index contributed by atoms with van der Waals surface area (Å²) in [5.74, 6) is -0.604. The van der Waals surface area contributed by atoms with E-state index in [2.05, 4.69) is 10.6 Å². The molecule has 2 N–H and O–H groups in total. The van der Waals surface area contributed by atoms with E-state index >= 15 is 0 Å². The van der Waals surface area contributed by atoms with Crippen LogP contribution in [0.5, 0.6) is 0 Å². The first-order valence-electron chi connectivity index (χ1n) is 8.08. The molecule has 0 bridgehead atoms. The Morgan fingerprint density at radius 1 is 0.808 bits per heavy atom. The van der Waals surface area contributed by atoms with Gasteiger partial charge in [0, 0.05) is 6.54 Å². The Morgan fingerprint density at radius 3 is 2.08 bits per heavy atom. The Bertz CT molecular complexity index is 729. The van der Waals surface area contributed by atoms with Gasteiger partial charge in [-0.15, -0.1) is 0 Å². The second-order valence-corrected chi connectivity index (χ2v) is 5.73. The van der Waals surface area contributed by atoms with Gasteiger partial charge in [-0.25, -0.2) is 0 Å². The lowest BCUT2D eigenvalue weighted by Gasteiger charge is -2.09. The highest BCUT2D eigenvalue weighted by Gasteiger charge is 2.29. The van der Waals surface area contributed by atoms with Gasteiger partial charge >= 0.3 is 6.18 Å². The first-order valence-corrected chi connectivity index (χ1v) is 8.08. The summed E-state index contributed by atoms with van der Waals surface area (Å²) in [4.78, 5) is 23.4. The molecule has 2 aromatic carbocycles. The van der Waals surface area contributed by atoms with Crippen LogP contribution >= 0.6 is 0 Å². The van der Waals surface area contributed by atoms with Crippen LogP contribution in [0.25, 0.3) is 0 Å². The third-order valence-corrected chi connectivity index (χ3v) is 3.67. The fraction of sp³-hybridized carbons (Fsp3) is 0.263. The van der Waals surface area contributed by atoms with Gasteiger partial charge in [0.1, 0.15) is 0 Å². The molecule has 0 spiro atoms. The monoisotopic (exact) mass is 364 g/mol. The van der Waals surface area contributed by atoms with Crippen molar-refractivity contribution in [2.75, 3.05) is 13.1 Å². The molecule has 0 aliphatic heterocycles. The van der Waals surface area contributed by atoms with Gasteiger partial charge in [0.2, 0.25) is 11.8 Å². The number of carbonyl (C=O) groups is 2. The van der Waals surface area contributed by atoms with Crippen LogP contribution < -0.4 is 10.6 Å². The van der Waals surface area contributed by atoms with Crippen molar-refractivity contribution < 1.29 is 22.8 Å². The van der Waals surface area contributed by atoms with Crippen LogP contribution in [0, 0.1) is 0 Å². The van der Waals surface area contributed by atoms with Crippen molar-refractivity contribution in [3.8, 4) is 0 Å². The van der Waals surface area contributed by atoms with Gasteiger partial charge in [-0.2, -0.15) is 13.2 Å². The van der Waals surface area contributed by atoms with Crippen molar-refractivity contribution in [1.82, 2.24) is 10.6 Å². The molecule has 4 nitrogen and oxygen atoms in total. The van der Waals surface area contributed by atoms with Crippen LogP contribution in [0.15, 0.2) is 54.6 Å². The molecule has 0 saturated heterocycles. The molecule has 0 radical (unpaired) electrons. The van der Waals surface area contributed by atoms with E-state index in [0.29, 0.717) is 12.0 Å². The minimum Gasteiger partial charge on any atom is -0.354 e. The number of alkyl halides is 3. The quantitative estimate of drug-likeness (QED) is 0.794. The summed E-state index contributed by atoms with van der Waals surface area (Å²) < 4.78 is 37.4. The molecular formula is C19H19F3N2O2. The Hall–Kier alpha value is -2.83. The third-order valence-electron chi connectivity index (χ3n) is 3.67. The van der Waals surface area contributed by atoms with Crippen molar-refractivity contribution in [3.63, 3.8) is 0 Å². The van der Waals surface area contributed by atoms with Crippen molar-refractivity contribution in [2.24, 2.45) is 0 Å². The third kappa shape index (κ3) is 6.58. The van der Waals surface area contributed by atoms with E-state index in [1.165, 1.54) is 12.1 Å². The van der Waals surface area contributed by atoms with Crippen molar-refractivity contribution in [3.05, 3.63) is 71.3 Å². The van der Waals surface area contributed by atoms with Gasteiger partial charge in [-0.05, 0) is 29.7 Å². The standard InChI is InChI=1S/C19H19F3N2O2/c20-19(21,22)16-8-6-14(7-9-16)10-11-23-18(26)13-24-17(25)12-15-4-2-1-3-5-15/h1-9H,10-13H2,(H,23,26)(H,24,25). The van der Waals surface area contributed by atoms with Gasteiger partial charge in [0.15, 0.2) is 0 Å². The average Bonchev–Trinajstić information content (AvgIpc) is 2.60. The molecule has 0 atom stereocenters. The second-order valence-electron chi connectivity index (χ2n) is 5.73. The van der Waals surface area contributed by atoms with Gasteiger partial charge in [0.05, 0.1) is 18.5 Å². The van der Waals surface area contributed by atoms with Crippen LogP contribution in [0.1, 0.15) is 16.7 Å². The maximum Gasteiger partial charge on any atom is 0.416 e. The number of amides is 2. The SMILES string of the molecule is O=C(CNC(=O)Cc1ccccc1)NCCc1ccc(C(F)(F)F)cc1. The second kappa shape index (κ2) is 9.03. The molecule has 2 aromatic rings. The lowest BCUT2D eigenvalue weighted by Crippen LogP contribution is -2.38. The van der Waals surface area contributed by atoms with Gasteiger partial charge in [-0.1, -0.05) is 42.5 Å². The Morgan fingerprint density at radius 2 is 1.46 bits per heavy atom. The van der Waals surface area contributed by atoms with E-state index in [-0.39, 0.29) is 31.3 Å². The highest BCUT2D eigenvalue weighted by atomic mass is 19.4. The van der Waals surface area contributed by atoms with E-state index in [4.69, 9.17) is 0 Å². The smallest absolute Gasteiger partial charge is 0.354 e. The normalized spacial score (nSPS) is 11.0. The minimum atomic E-state index is -4.36. The molecule has 26 heavy (non-hydrogen) atoms. The average molecular weight is 364 g/mol. The van der Waals surface area contributed by atoms with E-state index < -0.39 is 11.7 Å². The highest BCUT2D eigenvalue weighted by Crippen LogP contribution is 2.29. The number of hydrogen-bond acceptors (Lipinski definition) is 2. The summed E-state index contributed by atoms with van der Waals surface area (Å²) >= 11 is 0. The summed E-state index contributed by atoms with van der Waals surface area (Å²) in [6, 6.07) is 14.0. The number of hydrogen-bond donors (Lipinski definition) is 2. The number of rotatable bonds is 7. The molecule has 0 aliphatic rings. The molecule has 138 valence electrons. The summed E-state index contributed by atoms with van der Waals surface area (Å²) in [6.07, 6.45) is -3.76. The Labute approximate surface area is 149 Å². The molecule has 0 heterocycles. The van der Waals surface area contributed by atoms with Gasteiger partial charge in [0.25, 0.3) is 0 Å². The number of carbonyl (C=O) groups excluding carboxylic acids is 2. The topological polar surface area (TPSA) is 58.2 Å². The molecule has 0 aromatic heterocycles. The van der Waals surface area contributed by atoms with Crippen LogP contribution in [0.2, 0.25) is 0 Å². The molecular weight excluding hydrogens is 345 g/mol. The van der Waals surface area contributed by atoms with Gasteiger partial charge in [-0.3, -0.25) is 9.59 Å². The van der Waals surface area contributed by atoms with Crippen LogP contribution in [0.4, 0.5) is 13.2 Å². The minimum absolute atomic E-state index is 0.140. The predicted molar refractivity (Wildman–Crippen MR) is 91.3 cm³/mol. The number of nitrogens with one attached hydrogen (secondary N) is 2. The molecule has 2 rings (SSSR count). The fourth-order valence-corrected chi connectivity index (χ4v) is 2.29. The Balaban J connectivity index is 1.66. The maximum atomic E-state index is 12.5. The first kappa shape index (κ1) is 19.5. The van der Waals surface area contributed by atoms with E-state index in [0.717, 1.165) is 17.7 Å². The maximum absolute atomic E-state index is 12.5. The summed E-state index contributed by atoms with van der Waals surface area (Å²) in [6.45, 7) is 0.136. The molecule has 0 saturated carbocycles. The lowest BCUT2D eigenvalue weighted by molar-refractivity contribution is -0.137. The summed E-state index contributed by atoms with van der Waals surface area (Å²) in [7, 11) is 0. The lowest BCUT2D eigenvalue weighted by atomic mass is 10.1. The van der Waals surface area contributed by atoms with Gasteiger partial charge < -0.3 is 10.6 Å². The number of benzene rings is 2. The summed E-state index contributed by atoms with van der Waals surface area (Å²) in [5.41, 5.74) is 0.838. The highest BCUT2D eigenvalue weighted by molar-refractivity contribution is 5.85. The zero-order chi connectivity index (χ0) is 19.0. The zero-order valence-electron chi connectivity index (χ0n) is 14.0. The Kier molecular flexibility index (Phi) is 6.77. The van der Waals surface area contributed by atoms with E-state index in [9.17, 15) is 22.8 Å². The number of halogens is 3. The molecule has 0 fully saturated rings. The predicted octanol–water partition coefficient (Wildman–Crippen LogP) is 2.72.